The molecule has 0 saturated carbocycles. The molecule has 15 heavy (non-hydrogen) atoms. The molecule has 84 valence electrons. The largest absolute Gasteiger partial charge is 0.324 e. The van der Waals surface area contributed by atoms with Gasteiger partial charge in [-0.25, -0.2) is 4.39 Å². The molecule has 1 nitrogen and oxygen atoms in total. The van der Waals surface area contributed by atoms with E-state index in [0.29, 0.717) is 11.8 Å². The highest BCUT2D eigenvalue weighted by Gasteiger charge is 2.19. The maximum absolute atomic E-state index is 13.1. The van der Waals surface area contributed by atoms with E-state index in [1.165, 1.54) is 6.07 Å². The van der Waals surface area contributed by atoms with Gasteiger partial charge in [0.2, 0.25) is 0 Å². The maximum Gasteiger partial charge on any atom is 0.123 e. The van der Waals surface area contributed by atoms with Gasteiger partial charge in [0.15, 0.2) is 0 Å². The first-order chi connectivity index (χ1) is 6.93. The first kappa shape index (κ1) is 12.2. The van der Waals surface area contributed by atoms with Crippen LogP contribution in [0.3, 0.4) is 0 Å². The number of aryl methyl sites for hydroxylation is 1. The van der Waals surface area contributed by atoms with Gasteiger partial charge in [0.25, 0.3) is 0 Å². The number of hydrogen-bond donors (Lipinski definition) is 1. The summed E-state index contributed by atoms with van der Waals surface area (Å²) in [7, 11) is 0. The topological polar surface area (TPSA) is 26.0 Å². The van der Waals surface area contributed by atoms with E-state index in [9.17, 15) is 4.39 Å². The summed E-state index contributed by atoms with van der Waals surface area (Å²) in [6.45, 7) is 8.36. The first-order valence-electron chi connectivity index (χ1n) is 5.45. The number of halogens is 1. The number of benzene rings is 1. The van der Waals surface area contributed by atoms with Crippen molar-refractivity contribution in [1.82, 2.24) is 0 Å². The Labute approximate surface area is 91.5 Å². The summed E-state index contributed by atoms with van der Waals surface area (Å²) in [5.74, 6) is 0.648. The van der Waals surface area contributed by atoms with Gasteiger partial charge in [-0.1, -0.05) is 26.8 Å². The molecule has 0 amide bonds. The summed E-state index contributed by atoms with van der Waals surface area (Å²) < 4.78 is 13.1. The Morgan fingerprint density at radius 2 is 1.80 bits per heavy atom. The van der Waals surface area contributed by atoms with Crippen LogP contribution in [-0.4, -0.2) is 0 Å². The summed E-state index contributed by atoms with van der Waals surface area (Å²) in [5.41, 5.74) is 8.14. The summed E-state index contributed by atoms with van der Waals surface area (Å²) in [4.78, 5) is 0. The van der Waals surface area contributed by atoms with Gasteiger partial charge in [0, 0.05) is 6.04 Å². The Morgan fingerprint density at radius 3 is 2.33 bits per heavy atom. The second-order valence-electron chi connectivity index (χ2n) is 4.63. The van der Waals surface area contributed by atoms with E-state index in [1.54, 1.807) is 12.1 Å². The summed E-state index contributed by atoms with van der Waals surface area (Å²) in [6.07, 6.45) is 0. The Bertz CT molecular complexity index is 333. The van der Waals surface area contributed by atoms with Gasteiger partial charge in [-0.05, 0) is 42.0 Å². The molecule has 1 aromatic rings. The van der Waals surface area contributed by atoms with Crippen LogP contribution in [-0.2, 0) is 0 Å². The minimum atomic E-state index is -0.206. The van der Waals surface area contributed by atoms with Crippen molar-refractivity contribution in [3.63, 3.8) is 0 Å². The standard InChI is InChI=1S/C13H20FN/c1-8(2)10(4)13(15)12-7-11(14)6-5-9(12)3/h5-8,10,13H,15H2,1-4H3. The van der Waals surface area contributed by atoms with Crippen molar-refractivity contribution in [3.8, 4) is 0 Å². The van der Waals surface area contributed by atoms with E-state index in [0.717, 1.165) is 11.1 Å². The molecule has 0 fully saturated rings. The van der Waals surface area contributed by atoms with Crippen LogP contribution in [0, 0.1) is 24.6 Å². The fourth-order valence-electron chi connectivity index (χ4n) is 1.67. The molecule has 1 aromatic carbocycles. The van der Waals surface area contributed by atoms with E-state index in [2.05, 4.69) is 20.8 Å². The zero-order valence-electron chi connectivity index (χ0n) is 9.92. The molecule has 0 radical (unpaired) electrons. The molecule has 2 atom stereocenters. The van der Waals surface area contributed by atoms with Crippen LogP contribution < -0.4 is 5.73 Å². The highest BCUT2D eigenvalue weighted by atomic mass is 19.1. The lowest BCUT2D eigenvalue weighted by molar-refractivity contribution is 0.351. The quantitative estimate of drug-likeness (QED) is 0.811. The predicted molar refractivity (Wildman–Crippen MR) is 62.1 cm³/mol. The second-order valence-corrected chi connectivity index (χ2v) is 4.63. The van der Waals surface area contributed by atoms with Gasteiger partial charge in [0.1, 0.15) is 5.82 Å². The van der Waals surface area contributed by atoms with E-state index in [-0.39, 0.29) is 11.9 Å². The summed E-state index contributed by atoms with van der Waals surface area (Å²) >= 11 is 0. The zero-order valence-corrected chi connectivity index (χ0v) is 9.92. The predicted octanol–water partition coefficient (Wildman–Crippen LogP) is 3.43. The first-order valence-corrected chi connectivity index (χ1v) is 5.45. The van der Waals surface area contributed by atoms with Crippen molar-refractivity contribution < 1.29 is 4.39 Å². The van der Waals surface area contributed by atoms with Gasteiger partial charge < -0.3 is 5.73 Å². The van der Waals surface area contributed by atoms with Crippen molar-refractivity contribution in [2.75, 3.05) is 0 Å². The average Bonchev–Trinajstić information content (AvgIpc) is 2.19. The maximum atomic E-state index is 13.1. The van der Waals surface area contributed by atoms with Gasteiger partial charge in [-0.3, -0.25) is 0 Å². The minimum Gasteiger partial charge on any atom is -0.324 e. The van der Waals surface area contributed by atoms with Crippen LogP contribution in [0.5, 0.6) is 0 Å². The highest BCUT2D eigenvalue weighted by molar-refractivity contribution is 5.29. The fraction of sp³-hybridized carbons (Fsp3) is 0.538. The van der Waals surface area contributed by atoms with Gasteiger partial charge in [-0.15, -0.1) is 0 Å². The average molecular weight is 209 g/mol. The molecule has 0 aromatic heterocycles. The third-order valence-corrected chi connectivity index (χ3v) is 3.22. The molecule has 0 spiro atoms. The van der Waals surface area contributed by atoms with Crippen LogP contribution in [0.2, 0.25) is 0 Å². The van der Waals surface area contributed by atoms with Crippen molar-refractivity contribution in [3.05, 3.63) is 35.1 Å². The van der Waals surface area contributed by atoms with Crippen LogP contribution >= 0.6 is 0 Å². The van der Waals surface area contributed by atoms with Crippen LogP contribution in [0.15, 0.2) is 18.2 Å². The number of rotatable bonds is 3. The van der Waals surface area contributed by atoms with Gasteiger partial charge >= 0.3 is 0 Å². The zero-order chi connectivity index (χ0) is 11.6. The third kappa shape index (κ3) is 2.78. The molecule has 0 heterocycles. The van der Waals surface area contributed by atoms with E-state index in [4.69, 9.17) is 5.73 Å². The fourth-order valence-corrected chi connectivity index (χ4v) is 1.67. The molecule has 0 bridgehead atoms. The van der Waals surface area contributed by atoms with Crippen molar-refractivity contribution in [1.29, 1.82) is 0 Å². The monoisotopic (exact) mass is 209 g/mol. The summed E-state index contributed by atoms with van der Waals surface area (Å²) in [5, 5.41) is 0. The second kappa shape index (κ2) is 4.75. The van der Waals surface area contributed by atoms with E-state index < -0.39 is 0 Å². The Balaban J connectivity index is 2.99. The molecule has 0 aliphatic heterocycles. The van der Waals surface area contributed by atoms with Crippen molar-refractivity contribution in [2.24, 2.45) is 17.6 Å². The SMILES string of the molecule is Cc1ccc(F)cc1C(N)C(C)C(C)C. The normalized spacial score (nSPS) is 15.4. The molecular formula is C13H20FN. The lowest BCUT2D eigenvalue weighted by atomic mass is 9.85. The van der Waals surface area contributed by atoms with E-state index >= 15 is 0 Å². The number of nitrogens with two attached hydrogens (primary N) is 1. The highest BCUT2D eigenvalue weighted by Crippen LogP contribution is 2.27. The number of hydrogen-bond acceptors (Lipinski definition) is 1. The Kier molecular flexibility index (Phi) is 3.86. The Hall–Kier alpha value is -0.890. The van der Waals surface area contributed by atoms with Crippen LogP contribution in [0.4, 0.5) is 4.39 Å². The van der Waals surface area contributed by atoms with E-state index in [1.807, 2.05) is 6.92 Å². The molecular weight excluding hydrogens is 189 g/mol. The molecule has 2 heteroatoms. The van der Waals surface area contributed by atoms with Gasteiger partial charge in [0.05, 0.1) is 0 Å². The summed E-state index contributed by atoms with van der Waals surface area (Å²) in [6, 6.07) is 4.74. The third-order valence-electron chi connectivity index (χ3n) is 3.22. The Morgan fingerprint density at radius 1 is 1.20 bits per heavy atom. The van der Waals surface area contributed by atoms with Crippen molar-refractivity contribution >= 4 is 0 Å². The van der Waals surface area contributed by atoms with Crippen molar-refractivity contribution in [2.45, 2.75) is 33.7 Å². The molecule has 0 saturated heterocycles. The van der Waals surface area contributed by atoms with Crippen LogP contribution in [0.25, 0.3) is 0 Å². The smallest absolute Gasteiger partial charge is 0.123 e. The minimum absolute atomic E-state index is 0.0827. The molecule has 0 aliphatic rings. The molecule has 2 N–H and O–H groups in total. The molecule has 2 unspecified atom stereocenters. The molecule has 1 rings (SSSR count). The van der Waals surface area contributed by atoms with Crippen LogP contribution in [0.1, 0.15) is 37.9 Å². The lowest BCUT2D eigenvalue weighted by Crippen LogP contribution is -2.24. The molecule has 0 aliphatic carbocycles. The van der Waals surface area contributed by atoms with Gasteiger partial charge in [-0.2, -0.15) is 0 Å². The lowest BCUT2D eigenvalue weighted by Gasteiger charge is -2.25.